The van der Waals surface area contributed by atoms with Crippen molar-refractivity contribution in [2.45, 2.75) is 31.2 Å². The SMILES string of the molecule is CN1C[C@@H]2C[C@H](C1)[C@@H]1CCC(F)(F)CN1C2. The van der Waals surface area contributed by atoms with Crippen LogP contribution in [0.1, 0.15) is 19.3 Å². The van der Waals surface area contributed by atoms with Gasteiger partial charge in [0.25, 0.3) is 5.92 Å². The van der Waals surface area contributed by atoms with Crippen molar-refractivity contribution in [3.05, 3.63) is 0 Å². The van der Waals surface area contributed by atoms with E-state index in [1.807, 2.05) is 0 Å². The maximum absolute atomic E-state index is 13.4. The Bertz CT molecular complexity index is 280. The fourth-order valence-corrected chi connectivity index (χ4v) is 4.00. The van der Waals surface area contributed by atoms with E-state index in [1.165, 1.54) is 6.42 Å². The van der Waals surface area contributed by atoms with E-state index in [4.69, 9.17) is 0 Å². The average molecular weight is 230 g/mol. The Labute approximate surface area is 95.6 Å². The lowest BCUT2D eigenvalue weighted by Crippen LogP contribution is -2.61. The summed E-state index contributed by atoms with van der Waals surface area (Å²) in [4.78, 5) is 4.46. The number of nitrogens with zero attached hydrogens (tertiary/aromatic N) is 2. The van der Waals surface area contributed by atoms with Crippen molar-refractivity contribution >= 4 is 0 Å². The number of piperidine rings is 3. The normalized spacial score (nSPS) is 44.1. The third kappa shape index (κ3) is 1.86. The summed E-state index contributed by atoms with van der Waals surface area (Å²) in [6, 6.07) is 0.429. The standard InChI is InChI=1S/C12H20F2N2/c1-15-5-9-4-10(7-15)11-2-3-12(13,14)8-16(11)6-9/h9-11H,2-8H2,1H3/t9-,10+,11-/m0/s1. The van der Waals surface area contributed by atoms with Gasteiger partial charge in [0.1, 0.15) is 0 Å². The molecule has 0 saturated carbocycles. The molecule has 4 heteroatoms. The molecule has 0 aromatic rings. The molecule has 3 atom stereocenters. The summed E-state index contributed by atoms with van der Waals surface area (Å²) in [6.45, 7) is 3.09. The number of hydrogen-bond acceptors (Lipinski definition) is 2. The van der Waals surface area contributed by atoms with Crippen molar-refractivity contribution in [3.8, 4) is 0 Å². The van der Waals surface area contributed by atoms with Crippen molar-refractivity contribution in [2.24, 2.45) is 11.8 Å². The van der Waals surface area contributed by atoms with E-state index in [9.17, 15) is 8.78 Å². The smallest absolute Gasteiger partial charge is 0.260 e. The van der Waals surface area contributed by atoms with Crippen LogP contribution in [0.2, 0.25) is 0 Å². The van der Waals surface area contributed by atoms with Crippen molar-refractivity contribution in [1.29, 1.82) is 0 Å². The zero-order chi connectivity index (χ0) is 11.3. The van der Waals surface area contributed by atoms with Crippen molar-refractivity contribution in [1.82, 2.24) is 9.80 Å². The fraction of sp³-hybridized carbons (Fsp3) is 1.00. The van der Waals surface area contributed by atoms with E-state index in [0.717, 1.165) is 19.6 Å². The van der Waals surface area contributed by atoms with Crippen LogP contribution in [0.15, 0.2) is 0 Å². The van der Waals surface area contributed by atoms with Crippen LogP contribution < -0.4 is 0 Å². The monoisotopic (exact) mass is 230 g/mol. The lowest BCUT2D eigenvalue weighted by molar-refractivity contribution is -0.122. The van der Waals surface area contributed by atoms with Crippen LogP contribution in [0.3, 0.4) is 0 Å². The van der Waals surface area contributed by atoms with Crippen LogP contribution in [0.5, 0.6) is 0 Å². The molecule has 3 rings (SSSR count). The highest BCUT2D eigenvalue weighted by atomic mass is 19.3. The van der Waals surface area contributed by atoms with E-state index in [2.05, 4.69) is 16.8 Å². The second-order valence-electron chi connectivity index (χ2n) is 5.97. The van der Waals surface area contributed by atoms with E-state index >= 15 is 0 Å². The minimum atomic E-state index is -2.44. The van der Waals surface area contributed by atoms with Gasteiger partial charge in [0, 0.05) is 32.1 Å². The van der Waals surface area contributed by atoms with E-state index < -0.39 is 5.92 Å². The second kappa shape index (κ2) is 3.64. The van der Waals surface area contributed by atoms with Gasteiger partial charge in [0.15, 0.2) is 0 Å². The molecule has 0 unspecified atom stereocenters. The molecule has 0 amide bonds. The summed E-state index contributed by atoms with van der Waals surface area (Å²) >= 11 is 0. The first kappa shape index (κ1) is 10.9. The second-order valence-corrected chi connectivity index (χ2v) is 5.97. The summed E-state index contributed by atoms with van der Waals surface area (Å²) in [5.41, 5.74) is 0. The maximum Gasteiger partial charge on any atom is 0.260 e. The van der Waals surface area contributed by atoms with Crippen molar-refractivity contribution in [3.63, 3.8) is 0 Å². The lowest BCUT2D eigenvalue weighted by Gasteiger charge is -2.53. The van der Waals surface area contributed by atoms with Crippen LogP contribution in [-0.4, -0.2) is 55.0 Å². The highest BCUT2D eigenvalue weighted by Gasteiger charge is 2.47. The predicted molar refractivity (Wildman–Crippen MR) is 58.6 cm³/mol. The lowest BCUT2D eigenvalue weighted by atomic mass is 9.76. The molecule has 0 aliphatic carbocycles. The Balaban J connectivity index is 1.76. The van der Waals surface area contributed by atoms with Gasteiger partial charge in [-0.2, -0.15) is 0 Å². The Morgan fingerprint density at radius 3 is 2.81 bits per heavy atom. The number of halogens is 2. The molecule has 0 N–H and O–H groups in total. The zero-order valence-electron chi connectivity index (χ0n) is 9.83. The zero-order valence-corrected chi connectivity index (χ0v) is 9.83. The van der Waals surface area contributed by atoms with Gasteiger partial charge in [-0.05, 0) is 31.7 Å². The first-order valence-electron chi connectivity index (χ1n) is 6.34. The van der Waals surface area contributed by atoms with Gasteiger partial charge in [-0.15, -0.1) is 0 Å². The van der Waals surface area contributed by atoms with Gasteiger partial charge < -0.3 is 4.90 Å². The predicted octanol–water partition coefficient (Wildman–Crippen LogP) is 1.67. The molecular weight excluding hydrogens is 210 g/mol. The molecule has 3 saturated heterocycles. The Kier molecular flexibility index (Phi) is 2.48. The van der Waals surface area contributed by atoms with Crippen LogP contribution in [-0.2, 0) is 0 Å². The quantitative estimate of drug-likeness (QED) is 0.624. The molecule has 0 radical (unpaired) electrons. The molecule has 3 fully saturated rings. The molecule has 16 heavy (non-hydrogen) atoms. The number of likely N-dealkylation sites (tertiary alicyclic amines) is 1. The third-order valence-corrected chi connectivity index (χ3v) is 4.50. The first-order chi connectivity index (χ1) is 7.53. The third-order valence-electron chi connectivity index (χ3n) is 4.50. The number of fused-ring (bicyclic) bond motifs is 4. The van der Waals surface area contributed by atoms with E-state index in [-0.39, 0.29) is 13.0 Å². The largest absolute Gasteiger partial charge is 0.306 e. The highest BCUT2D eigenvalue weighted by molar-refractivity contribution is 4.98. The minimum Gasteiger partial charge on any atom is -0.306 e. The Hall–Kier alpha value is -0.220. The number of rotatable bonds is 0. The average Bonchev–Trinajstić information content (AvgIpc) is 2.14. The molecule has 0 spiro atoms. The summed E-state index contributed by atoms with van der Waals surface area (Å²) in [5, 5.41) is 0. The van der Waals surface area contributed by atoms with Gasteiger partial charge in [-0.3, -0.25) is 4.90 Å². The Morgan fingerprint density at radius 1 is 1.19 bits per heavy atom. The summed E-state index contributed by atoms with van der Waals surface area (Å²) < 4.78 is 26.8. The molecule has 2 bridgehead atoms. The Morgan fingerprint density at radius 2 is 2.00 bits per heavy atom. The molecule has 3 heterocycles. The van der Waals surface area contributed by atoms with Gasteiger partial charge in [0.05, 0.1) is 6.54 Å². The van der Waals surface area contributed by atoms with Crippen molar-refractivity contribution < 1.29 is 8.78 Å². The molecule has 0 aromatic carbocycles. The molecular formula is C12H20F2N2. The van der Waals surface area contributed by atoms with Gasteiger partial charge in [-0.1, -0.05) is 0 Å². The molecule has 92 valence electrons. The van der Waals surface area contributed by atoms with Crippen LogP contribution in [0, 0.1) is 11.8 Å². The van der Waals surface area contributed by atoms with Crippen LogP contribution >= 0.6 is 0 Å². The van der Waals surface area contributed by atoms with Crippen molar-refractivity contribution in [2.75, 3.05) is 33.2 Å². The number of alkyl halides is 2. The fourth-order valence-electron chi connectivity index (χ4n) is 4.00. The molecule has 2 nitrogen and oxygen atoms in total. The highest BCUT2D eigenvalue weighted by Crippen LogP contribution is 2.40. The minimum absolute atomic E-state index is 0.00831. The van der Waals surface area contributed by atoms with Gasteiger partial charge >= 0.3 is 0 Å². The van der Waals surface area contributed by atoms with E-state index in [1.54, 1.807) is 0 Å². The number of hydrogen-bond donors (Lipinski definition) is 0. The summed E-state index contributed by atoms with van der Waals surface area (Å²) in [7, 11) is 2.16. The summed E-state index contributed by atoms with van der Waals surface area (Å²) in [5.74, 6) is -1.18. The summed E-state index contributed by atoms with van der Waals surface area (Å²) in [6.07, 6.45) is 2.05. The van der Waals surface area contributed by atoms with Gasteiger partial charge in [-0.25, -0.2) is 8.78 Å². The maximum atomic E-state index is 13.4. The molecule has 3 aliphatic rings. The first-order valence-corrected chi connectivity index (χ1v) is 6.34. The molecule has 3 aliphatic heterocycles. The van der Waals surface area contributed by atoms with Gasteiger partial charge in [0.2, 0.25) is 0 Å². The van der Waals surface area contributed by atoms with E-state index in [0.29, 0.717) is 24.3 Å². The molecule has 0 aromatic heterocycles. The van der Waals surface area contributed by atoms with Crippen LogP contribution in [0.4, 0.5) is 8.78 Å². The topological polar surface area (TPSA) is 6.48 Å². The van der Waals surface area contributed by atoms with Crippen LogP contribution in [0.25, 0.3) is 0 Å².